The van der Waals surface area contributed by atoms with Crippen molar-refractivity contribution >= 4 is 0 Å². The number of nitrogens with zero attached hydrogens (tertiary/aromatic N) is 1. The number of rotatable bonds is 0. The molecule has 1 unspecified atom stereocenters. The van der Waals surface area contributed by atoms with Crippen LogP contribution in [-0.2, 0) is 0 Å². The van der Waals surface area contributed by atoms with Crippen LogP contribution in [0.5, 0.6) is 0 Å². The minimum atomic E-state index is 0.351. The molecule has 3 fully saturated rings. The number of fused-ring (bicyclic) bond motifs is 4. The van der Waals surface area contributed by atoms with Gasteiger partial charge in [-0.2, -0.15) is 5.26 Å². The summed E-state index contributed by atoms with van der Waals surface area (Å²) >= 11 is 0. The number of hydrogen-bond acceptors (Lipinski definition) is 2. The van der Waals surface area contributed by atoms with Crippen LogP contribution >= 0.6 is 0 Å². The van der Waals surface area contributed by atoms with E-state index in [1.165, 1.54) is 19.3 Å². The third kappa shape index (κ3) is 1.25. The predicted octanol–water partition coefficient (Wildman–Crippen LogP) is 1.29. The standard InChI is InChI=1S/C9H14N2/c10-5-8-4-9-3-1-2-7(8)6-11-9/h7-9,11H,1-4,6H2/t7-,8?,9-/m0/s1. The molecule has 1 aliphatic carbocycles. The quantitative estimate of drug-likeness (QED) is 0.564. The van der Waals surface area contributed by atoms with E-state index in [0.29, 0.717) is 17.9 Å². The molecule has 2 heteroatoms. The molecule has 0 aromatic carbocycles. The molecule has 3 atom stereocenters. The summed E-state index contributed by atoms with van der Waals surface area (Å²) in [7, 11) is 0. The van der Waals surface area contributed by atoms with Crippen molar-refractivity contribution in [3.8, 4) is 6.07 Å². The lowest BCUT2D eigenvalue weighted by molar-refractivity contribution is 0.280. The third-order valence-corrected chi connectivity index (χ3v) is 3.07. The number of hydrogen-bond donors (Lipinski definition) is 1. The SMILES string of the molecule is N#CC1C[C@@H]2CCC[C@H]1CN2. The number of piperidine rings is 1. The highest BCUT2D eigenvalue weighted by molar-refractivity contribution is 4.97. The molecule has 0 aromatic heterocycles. The molecule has 60 valence electrons. The maximum atomic E-state index is 8.86. The minimum Gasteiger partial charge on any atom is -0.314 e. The first-order valence-corrected chi connectivity index (χ1v) is 4.53. The summed E-state index contributed by atoms with van der Waals surface area (Å²) in [6, 6.07) is 3.09. The molecule has 2 saturated heterocycles. The van der Waals surface area contributed by atoms with Gasteiger partial charge in [-0.3, -0.25) is 0 Å². The van der Waals surface area contributed by atoms with Gasteiger partial charge in [0.15, 0.2) is 0 Å². The van der Waals surface area contributed by atoms with Crippen molar-refractivity contribution in [2.75, 3.05) is 6.54 Å². The summed E-state index contributed by atoms with van der Waals surface area (Å²) in [6.07, 6.45) is 4.97. The Balaban J connectivity index is 2.11. The van der Waals surface area contributed by atoms with Gasteiger partial charge in [0, 0.05) is 6.04 Å². The Kier molecular flexibility index (Phi) is 1.83. The topological polar surface area (TPSA) is 35.8 Å². The van der Waals surface area contributed by atoms with Gasteiger partial charge < -0.3 is 5.32 Å². The Bertz CT molecular complexity index is 178. The molecular formula is C9H14N2. The Morgan fingerprint density at radius 2 is 2.27 bits per heavy atom. The van der Waals surface area contributed by atoms with Crippen LogP contribution in [0, 0.1) is 23.2 Å². The van der Waals surface area contributed by atoms with Crippen molar-refractivity contribution in [3.05, 3.63) is 0 Å². The molecule has 0 radical (unpaired) electrons. The van der Waals surface area contributed by atoms with Crippen molar-refractivity contribution in [1.29, 1.82) is 5.26 Å². The summed E-state index contributed by atoms with van der Waals surface area (Å²) in [5, 5.41) is 12.4. The maximum absolute atomic E-state index is 8.86. The highest BCUT2D eigenvalue weighted by atomic mass is 14.9. The molecule has 0 aromatic rings. The lowest BCUT2D eigenvalue weighted by atomic mass is 9.85. The van der Waals surface area contributed by atoms with Gasteiger partial charge in [-0.25, -0.2) is 0 Å². The second-order valence-electron chi connectivity index (χ2n) is 3.77. The molecule has 2 nitrogen and oxygen atoms in total. The van der Waals surface area contributed by atoms with Gasteiger partial charge >= 0.3 is 0 Å². The smallest absolute Gasteiger partial charge is 0.0659 e. The van der Waals surface area contributed by atoms with Crippen molar-refractivity contribution in [1.82, 2.24) is 5.32 Å². The Morgan fingerprint density at radius 1 is 1.36 bits per heavy atom. The largest absolute Gasteiger partial charge is 0.314 e. The second-order valence-corrected chi connectivity index (χ2v) is 3.77. The predicted molar refractivity (Wildman–Crippen MR) is 42.9 cm³/mol. The molecule has 2 bridgehead atoms. The number of nitrogens with one attached hydrogen (secondary N) is 1. The van der Waals surface area contributed by atoms with E-state index < -0.39 is 0 Å². The van der Waals surface area contributed by atoms with Crippen molar-refractivity contribution < 1.29 is 0 Å². The molecule has 1 N–H and O–H groups in total. The zero-order valence-corrected chi connectivity index (χ0v) is 6.71. The zero-order valence-electron chi connectivity index (χ0n) is 6.71. The maximum Gasteiger partial charge on any atom is 0.0659 e. The fourth-order valence-electron chi connectivity index (χ4n) is 2.35. The van der Waals surface area contributed by atoms with Gasteiger partial charge in [0.05, 0.1) is 12.0 Å². The van der Waals surface area contributed by atoms with Crippen molar-refractivity contribution in [2.45, 2.75) is 31.7 Å². The second kappa shape index (κ2) is 2.83. The van der Waals surface area contributed by atoms with Crippen molar-refractivity contribution in [3.63, 3.8) is 0 Å². The average Bonchev–Trinajstić information content (AvgIpc) is 2.37. The van der Waals surface area contributed by atoms with E-state index in [1.54, 1.807) is 0 Å². The lowest BCUT2D eigenvalue weighted by Crippen LogP contribution is -2.40. The van der Waals surface area contributed by atoms with Gasteiger partial charge in [-0.1, -0.05) is 6.42 Å². The van der Waals surface area contributed by atoms with Crippen LogP contribution in [-0.4, -0.2) is 12.6 Å². The third-order valence-electron chi connectivity index (χ3n) is 3.07. The van der Waals surface area contributed by atoms with Crippen molar-refractivity contribution in [2.24, 2.45) is 11.8 Å². The molecular weight excluding hydrogens is 136 g/mol. The van der Waals surface area contributed by atoms with E-state index in [9.17, 15) is 0 Å². The first kappa shape index (κ1) is 7.12. The Labute approximate surface area is 67.6 Å². The molecule has 1 saturated carbocycles. The van der Waals surface area contributed by atoms with E-state index in [-0.39, 0.29) is 0 Å². The lowest BCUT2D eigenvalue weighted by Gasteiger charge is -2.28. The fraction of sp³-hybridized carbons (Fsp3) is 0.889. The van der Waals surface area contributed by atoms with Crippen LogP contribution in [0.25, 0.3) is 0 Å². The van der Waals surface area contributed by atoms with Gasteiger partial charge in [0.25, 0.3) is 0 Å². The molecule has 2 heterocycles. The van der Waals surface area contributed by atoms with Gasteiger partial charge in [-0.15, -0.1) is 0 Å². The van der Waals surface area contributed by atoms with Crippen LogP contribution in [0.1, 0.15) is 25.7 Å². The fourth-order valence-corrected chi connectivity index (χ4v) is 2.35. The van der Waals surface area contributed by atoms with Crippen LogP contribution in [0.3, 0.4) is 0 Å². The monoisotopic (exact) mass is 150 g/mol. The molecule has 2 aliphatic heterocycles. The highest BCUT2D eigenvalue weighted by Crippen LogP contribution is 2.31. The summed E-state index contributed by atoms with van der Waals surface area (Å²) in [6.45, 7) is 1.09. The van der Waals surface area contributed by atoms with Gasteiger partial charge in [0.1, 0.15) is 0 Å². The van der Waals surface area contributed by atoms with Crippen LogP contribution < -0.4 is 5.32 Å². The van der Waals surface area contributed by atoms with E-state index >= 15 is 0 Å². The first-order chi connectivity index (χ1) is 5.40. The van der Waals surface area contributed by atoms with Gasteiger partial charge in [-0.05, 0) is 31.7 Å². The summed E-state index contributed by atoms with van der Waals surface area (Å²) in [5.74, 6) is 1.00. The van der Waals surface area contributed by atoms with Crippen LogP contribution in [0.2, 0.25) is 0 Å². The molecule has 11 heavy (non-hydrogen) atoms. The Hall–Kier alpha value is -0.550. The van der Waals surface area contributed by atoms with E-state index in [4.69, 9.17) is 5.26 Å². The molecule has 0 spiro atoms. The number of nitriles is 1. The first-order valence-electron chi connectivity index (χ1n) is 4.53. The van der Waals surface area contributed by atoms with Crippen LogP contribution in [0.4, 0.5) is 0 Å². The van der Waals surface area contributed by atoms with E-state index in [2.05, 4.69) is 11.4 Å². The Morgan fingerprint density at radius 3 is 3.09 bits per heavy atom. The molecule has 0 amide bonds. The zero-order chi connectivity index (χ0) is 7.68. The molecule has 3 rings (SSSR count). The summed E-state index contributed by atoms with van der Waals surface area (Å²) in [5.41, 5.74) is 0. The van der Waals surface area contributed by atoms with Gasteiger partial charge in [0.2, 0.25) is 0 Å². The molecule has 3 aliphatic rings. The minimum absolute atomic E-state index is 0.351. The normalized spacial score (nSPS) is 43.0. The van der Waals surface area contributed by atoms with E-state index in [0.717, 1.165) is 13.0 Å². The summed E-state index contributed by atoms with van der Waals surface area (Å²) in [4.78, 5) is 0. The average molecular weight is 150 g/mol. The van der Waals surface area contributed by atoms with Crippen LogP contribution in [0.15, 0.2) is 0 Å². The highest BCUT2D eigenvalue weighted by Gasteiger charge is 2.32. The summed E-state index contributed by atoms with van der Waals surface area (Å²) < 4.78 is 0. The van der Waals surface area contributed by atoms with E-state index in [1.807, 2.05) is 0 Å².